The third-order valence-electron chi connectivity index (χ3n) is 5.58. The standard InChI is InChI=1S/C23H20Cl3NO2/c1-23(2)11-18-22(19(28)12-23)13(21-15(25)7-5-8-16(21)26)10-20(29)27(18)17-9-4-3-6-14(17)24/h3-9,13H,10-12H2,1-2H3. The van der Waals surface area contributed by atoms with Crippen LogP contribution in [0.15, 0.2) is 53.7 Å². The summed E-state index contributed by atoms with van der Waals surface area (Å²) in [5.41, 5.74) is 2.31. The van der Waals surface area contributed by atoms with Crippen molar-refractivity contribution in [3.8, 4) is 0 Å². The van der Waals surface area contributed by atoms with Gasteiger partial charge in [-0.05, 0) is 41.7 Å². The van der Waals surface area contributed by atoms with Crippen LogP contribution in [-0.4, -0.2) is 11.7 Å². The number of hydrogen-bond donors (Lipinski definition) is 0. The lowest BCUT2D eigenvalue weighted by molar-refractivity contribution is -0.121. The van der Waals surface area contributed by atoms with Crippen LogP contribution in [0.5, 0.6) is 0 Å². The smallest absolute Gasteiger partial charge is 0.232 e. The van der Waals surface area contributed by atoms with Crippen molar-refractivity contribution in [2.75, 3.05) is 4.90 Å². The average molecular weight is 449 g/mol. The molecule has 0 saturated heterocycles. The summed E-state index contributed by atoms with van der Waals surface area (Å²) in [5, 5.41) is 1.40. The highest BCUT2D eigenvalue weighted by atomic mass is 35.5. The van der Waals surface area contributed by atoms with Crippen LogP contribution in [0.1, 0.15) is 44.6 Å². The van der Waals surface area contributed by atoms with Crippen LogP contribution in [0.3, 0.4) is 0 Å². The van der Waals surface area contributed by atoms with Crippen molar-refractivity contribution >= 4 is 52.2 Å². The van der Waals surface area contributed by atoms with E-state index in [2.05, 4.69) is 0 Å². The number of hydrogen-bond acceptors (Lipinski definition) is 2. The molecule has 1 atom stereocenters. The Morgan fingerprint density at radius 1 is 0.897 bits per heavy atom. The van der Waals surface area contributed by atoms with Gasteiger partial charge in [0.15, 0.2) is 5.78 Å². The summed E-state index contributed by atoms with van der Waals surface area (Å²) in [5.74, 6) is -0.550. The second kappa shape index (κ2) is 7.46. The number of ketones is 1. The van der Waals surface area contributed by atoms with Crippen LogP contribution in [0.4, 0.5) is 5.69 Å². The van der Waals surface area contributed by atoms with Gasteiger partial charge < -0.3 is 0 Å². The molecule has 4 rings (SSSR count). The second-order valence-electron chi connectivity index (χ2n) is 8.37. The van der Waals surface area contributed by atoms with Gasteiger partial charge in [-0.25, -0.2) is 0 Å². The molecule has 0 fully saturated rings. The summed E-state index contributed by atoms with van der Waals surface area (Å²) >= 11 is 19.3. The van der Waals surface area contributed by atoms with E-state index in [-0.39, 0.29) is 23.5 Å². The molecule has 0 radical (unpaired) electrons. The van der Waals surface area contributed by atoms with Crippen molar-refractivity contribution in [1.82, 2.24) is 0 Å². The maximum absolute atomic E-state index is 13.4. The number of amides is 1. The monoisotopic (exact) mass is 447 g/mol. The van der Waals surface area contributed by atoms with Crippen molar-refractivity contribution in [2.45, 2.75) is 39.0 Å². The molecule has 0 aromatic heterocycles. The maximum atomic E-state index is 13.4. The van der Waals surface area contributed by atoms with Crippen LogP contribution < -0.4 is 4.90 Å². The highest BCUT2D eigenvalue weighted by Crippen LogP contribution is 2.50. The Kier molecular flexibility index (Phi) is 5.27. The normalized spacial score (nSPS) is 21.4. The largest absolute Gasteiger partial charge is 0.294 e. The van der Waals surface area contributed by atoms with Crippen LogP contribution in [-0.2, 0) is 9.59 Å². The number of nitrogens with zero attached hydrogens (tertiary/aromatic N) is 1. The molecule has 29 heavy (non-hydrogen) atoms. The highest BCUT2D eigenvalue weighted by molar-refractivity contribution is 6.36. The zero-order valence-electron chi connectivity index (χ0n) is 16.1. The van der Waals surface area contributed by atoms with Gasteiger partial charge in [0.05, 0.1) is 10.7 Å². The number of Topliss-reactive ketones (excluding diaryl/α,β-unsaturated/α-hetero) is 1. The van der Waals surface area contributed by atoms with Gasteiger partial charge in [0, 0.05) is 40.1 Å². The summed E-state index contributed by atoms with van der Waals surface area (Å²) in [7, 11) is 0. The molecule has 150 valence electrons. The molecule has 2 aliphatic rings. The van der Waals surface area contributed by atoms with Crippen molar-refractivity contribution in [2.24, 2.45) is 5.41 Å². The van der Waals surface area contributed by atoms with Crippen LogP contribution >= 0.6 is 34.8 Å². The molecule has 2 aromatic carbocycles. The number of carbonyl (C=O) groups is 2. The Labute approximate surface area is 185 Å². The second-order valence-corrected chi connectivity index (χ2v) is 9.60. The maximum Gasteiger partial charge on any atom is 0.232 e. The first-order valence-electron chi connectivity index (χ1n) is 9.47. The molecule has 1 aliphatic carbocycles. The molecular weight excluding hydrogens is 429 g/mol. The summed E-state index contributed by atoms with van der Waals surface area (Å²) in [6, 6.07) is 12.4. The molecule has 1 amide bonds. The molecule has 1 heterocycles. The van der Waals surface area contributed by atoms with E-state index in [1.54, 1.807) is 35.2 Å². The van der Waals surface area contributed by atoms with Crippen molar-refractivity contribution in [1.29, 1.82) is 0 Å². The summed E-state index contributed by atoms with van der Waals surface area (Å²) < 4.78 is 0. The van der Waals surface area contributed by atoms with E-state index in [0.717, 1.165) is 0 Å². The summed E-state index contributed by atoms with van der Waals surface area (Å²) in [4.78, 5) is 28.3. The zero-order valence-corrected chi connectivity index (χ0v) is 18.4. The molecule has 2 aromatic rings. The fraction of sp³-hybridized carbons (Fsp3) is 0.304. The predicted octanol–water partition coefficient (Wildman–Crippen LogP) is 6.81. The predicted molar refractivity (Wildman–Crippen MR) is 118 cm³/mol. The number of allylic oxidation sites excluding steroid dienone is 2. The van der Waals surface area contributed by atoms with E-state index in [9.17, 15) is 9.59 Å². The fourth-order valence-corrected chi connectivity index (χ4v) is 5.30. The van der Waals surface area contributed by atoms with E-state index in [1.807, 2.05) is 26.0 Å². The van der Waals surface area contributed by atoms with Gasteiger partial charge in [-0.3, -0.25) is 14.5 Å². The van der Waals surface area contributed by atoms with Gasteiger partial charge in [0.2, 0.25) is 5.91 Å². The molecule has 0 spiro atoms. The van der Waals surface area contributed by atoms with E-state index < -0.39 is 5.92 Å². The number of benzene rings is 2. The van der Waals surface area contributed by atoms with Gasteiger partial charge in [-0.1, -0.05) is 66.8 Å². The van der Waals surface area contributed by atoms with E-state index in [4.69, 9.17) is 34.8 Å². The first-order valence-corrected chi connectivity index (χ1v) is 10.6. The number of rotatable bonds is 2. The zero-order chi connectivity index (χ0) is 20.9. The quantitative estimate of drug-likeness (QED) is 0.506. The van der Waals surface area contributed by atoms with Crippen molar-refractivity contribution < 1.29 is 9.59 Å². The Bertz CT molecular complexity index is 1040. The molecule has 0 saturated carbocycles. The fourth-order valence-electron chi connectivity index (χ4n) is 4.42. The van der Waals surface area contributed by atoms with Crippen molar-refractivity contribution in [3.05, 3.63) is 74.4 Å². The van der Waals surface area contributed by atoms with E-state index in [0.29, 0.717) is 50.4 Å². The van der Waals surface area contributed by atoms with Gasteiger partial charge in [-0.15, -0.1) is 0 Å². The number of para-hydroxylation sites is 1. The lowest BCUT2D eigenvalue weighted by Gasteiger charge is -2.43. The van der Waals surface area contributed by atoms with Crippen molar-refractivity contribution in [3.63, 3.8) is 0 Å². The third kappa shape index (κ3) is 3.61. The van der Waals surface area contributed by atoms with Gasteiger partial charge in [0.1, 0.15) is 0 Å². The van der Waals surface area contributed by atoms with Crippen LogP contribution in [0, 0.1) is 5.41 Å². The summed E-state index contributed by atoms with van der Waals surface area (Å²) in [6.07, 6.45) is 1.11. The van der Waals surface area contributed by atoms with Crippen LogP contribution in [0.2, 0.25) is 15.1 Å². The Hall–Kier alpha value is -1.81. The molecule has 1 aliphatic heterocycles. The molecule has 0 N–H and O–H groups in total. The molecule has 6 heteroatoms. The van der Waals surface area contributed by atoms with Gasteiger partial charge in [0.25, 0.3) is 0 Å². The molecule has 0 bridgehead atoms. The Balaban J connectivity index is 1.97. The molecular formula is C23H20Cl3NO2. The SMILES string of the molecule is CC1(C)CC(=O)C2=C(C1)N(c1ccccc1Cl)C(=O)CC2c1c(Cl)cccc1Cl. The molecule has 3 nitrogen and oxygen atoms in total. The minimum absolute atomic E-state index is 0.0294. The first kappa shape index (κ1) is 20.5. The number of halogens is 3. The van der Waals surface area contributed by atoms with Gasteiger partial charge >= 0.3 is 0 Å². The lowest BCUT2D eigenvalue weighted by atomic mass is 9.69. The highest BCUT2D eigenvalue weighted by Gasteiger charge is 2.45. The lowest BCUT2D eigenvalue weighted by Crippen LogP contribution is -2.44. The first-order chi connectivity index (χ1) is 13.7. The van der Waals surface area contributed by atoms with Gasteiger partial charge in [-0.2, -0.15) is 0 Å². The Morgan fingerprint density at radius 2 is 1.52 bits per heavy atom. The minimum atomic E-state index is -0.457. The third-order valence-corrected chi connectivity index (χ3v) is 6.56. The molecule has 1 unspecified atom stereocenters. The minimum Gasteiger partial charge on any atom is -0.294 e. The Morgan fingerprint density at radius 3 is 2.17 bits per heavy atom. The number of carbonyl (C=O) groups excluding carboxylic acids is 2. The van der Waals surface area contributed by atoms with E-state index in [1.165, 1.54) is 0 Å². The number of anilines is 1. The topological polar surface area (TPSA) is 37.4 Å². The van der Waals surface area contributed by atoms with E-state index >= 15 is 0 Å². The summed E-state index contributed by atoms with van der Waals surface area (Å²) in [6.45, 7) is 4.08. The van der Waals surface area contributed by atoms with Crippen LogP contribution in [0.25, 0.3) is 0 Å². The average Bonchev–Trinajstić information content (AvgIpc) is 2.61.